The highest BCUT2D eigenvalue weighted by atomic mass is 28.4. The van der Waals surface area contributed by atoms with Crippen molar-refractivity contribution >= 4 is 9.62 Å². The molecule has 0 atom stereocenters. The molecule has 0 heterocycles. The van der Waals surface area contributed by atoms with Crippen molar-refractivity contribution in [2.75, 3.05) is 0 Å². The van der Waals surface area contributed by atoms with Crippen LogP contribution in [-0.2, 0) is 0 Å². The van der Waals surface area contributed by atoms with Crippen LogP contribution in [-0.4, -0.2) is 9.62 Å². The first-order valence-electron chi connectivity index (χ1n) is 4.83. The summed E-state index contributed by atoms with van der Waals surface area (Å²) in [5.74, 6) is 0.963. The van der Waals surface area contributed by atoms with Crippen LogP contribution in [0.2, 0.25) is 0 Å². The molecule has 0 amide bonds. The Bertz CT molecular complexity index is 380. The molecule has 0 saturated carbocycles. The minimum atomic E-state index is -2.79. The van der Waals surface area contributed by atoms with E-state index in [-0.39, 0.29) is 0 Å². The Kier molecular flexibility index (Phi) is 3.56. The molecule has 2 nitrogen and oxygen atoms in total. The van der Waals surface area contributed by atoms with Gasteiger partial charge in [0.05, 0.1) is 0 Å². The standard InChI is InChI=1S/C12H10FO2Si/c13-16(14-11-7-3-1-4-8-11)15-12-9-5-2-6-10-12/h1-10H. The summed E-state index contributed by atoms with van der Waals surface area (Å²) >= 11 is 0. The predicted molar refractivity (Wildman–Crippen MR) is 61.0 cm³/mol. The molecule has 0 bridgehead atoms. The lowest BCUT2D eigenvalue weighted by Gasteiger charge is -2.08. The van der Waals surface area contributed by atoms with Gasteiger partial charge in [0.2, 0.25) is 0 Å². The van der Waals surface area contributed by atoms with Crippen LogP contribution in [0.15, 0.2) is 60.7 Å². The number of hydrogen-bond donors (Lipinski definition) is 0. The molecule has 2 aromatic carbocycles. The van der Waals surface area contributed by atoms with Crippen LogP contribution < -0.4 is 8.85 Å². The predicted octanol–water partition coefficient (Wildman–Crippen LogP) is 3.10. The van der Waals surface area contributed by atoms with Gasteiger partial charge in [0.15, 0.2) is 0 Å². The zero-order valence-corrected chi connectivity index (χ0v) is 9.47. The Morgan fingerprint density at radius 2 is 1.06 bits per heavy atom. The van der Waals surface area contributed by atoms with Crippen molar-refractivity contribution in [3.05, 3.63) is 60.7 Å². The van der Waals surface area contributed by atoms with E-state index < -0.39 is 9.62 Å². The number of halogens is 1. The van der Waals surface area contributed by atoms with Gasteiger partial charge >= 0.3 is 9.62 Å². The molecule has 1 radical (unpaired) electrons. The zero-order chi connectivity index (χ0) is 11.2. The molecule has 2 rings (SSSR count). The lowest BCUT2D eigenvalue weighted by molar-refractivity contribution is 0.359. The maximum atomic E-state index is 13.4. The van der Waals surface area contributed by atoms with E-state index >= 15 is 0 Å². The van der Waals surface area contributed by atoms with Gasteiger partial charge in [0.25, 0.3) is 0 Å². The molecule has 0 N–H and O–H groups in total. The van der Waals surface area contributed by atoms with Crippen molar-refractivity contribution < 1.29 is 13.0 Å². The van der Waals surface area contributed by atoms with E-state index in [0.717, 1.165) is 0 Å². The second kappa shape index (κ2) is 5.32. The topological polar surface area (TPSA) is 18.5 Å². The molecule has 0 unspecified atom stereocenters. The fourth-order valence-corrected chi connectivity index (χ4v) is 1.87. The van der Waals surface area contributed by atoms with Gasteiger partial charge < -0.3 is 8.85 Å². The summed E-state index contributed by atoms with van der Waals surface area (Å²) in [5.41, 5.74) is 0. The second-order valence-electron chi connectivity index (χ2n) is 3.07. The maximum absolute atomic E-state index is 13.4. The van der Waals surface area contributed by atoms with Gasteiger partial charge in [-0.05, 0) is 24.3 Å². The summed E-state index contributed by atoms with van der Waals surface area (Å²) in [6.45, 7) is 0. The second-order valence-corrected chi connectivity index (χ2v) is 3.95. The first-order chi connectivity index (χ1) is 7.84. The van der Waals surface area contributed by atoms with E-state index in [4.69, 9.17) is 8.85 Å². The SMILES string of the molecule is F[Si](Oc1ccccc1)Oc1ccccc1. The lowest BCUT2D eigenvalue weighted by Crippen LogP contribution is -2.24. The highest BCUT2D eigenvalue weighted by Gasteiger charge is 2.21. The first kappa shape index (κ1) is 10.7. The van der Waals surface area contributed by atoms with Crippen LogP contribution in [0.3, 0.4) is 0 Å². The van der Waals surface area contributed by atoms with Crippen molar-refractivity contribution in [3.8, 4) is 11.5 Å². The van der Waals surface area contributed by atoms with Crippen LogP contribution >= 0.6 is 0 Å². The summed E-state index contributed by atoms with van der Waals surface area (Å²) in [4.78, 5) is 0. The van der Waals surface area contributed by atoms with Crippen LogP contribution in [0, 0.1) is 0 Å². The third-order valence-electron chi connectivity index (χ3n) is 1.88. The molecular weight excluding hydrogens is 223 g/mol. The molecule has 0 aliphatic carbocycles. The van der Waals surface area contributed by atoms with Gasteiger partial charge in [-0.3, -0.25) is 0 Å². The largest absolute Gasteiger partial charge is 0.780 e. The average molecular weight is 233 g/mol. The summed E-state index contributed by atoms with van der Waals surface area (Å²) < 4.78 is 23.5. The van der Waals surface area contributed by atoms with Crippen LogP contribution in [0.5, 0.6) is 11.5 Å². The van der Waals surface area contributed by atoms with Crippen molar-refractivity contribution in [1.82, 2.24) is 0 Å². The van der Waals surface area contributed by atoms with E-state index in [1.807, 2.05) is 12.1 Å². The quantitative estimate of drug-likeness (QED) is 0.596. The molecular formula is C12H10FO2Si. The lowest BCUT2D eigenvalue weighted by atomic mass is 10.3. The van der Waals surface area contributed by atoms with Crippen molar-refractivity contribution in [2.45, 2.75) is 0 Å². The van der Waals surface area contributed by atoms with E-state index in [2.05, 4.69) is 0 Å². The minimum Gasteiger partial charge on any atom is -0.486 e. The van der Waals surface area contributed by atoms with E-state index in [1.54, 1.807) is 48.5 Å². The Labute approximate surface area is 95.3 Å². The Balaban J connectivity index is 1.92. The average Bonchev–Trinajstić information content (AvgIpc) is 2.31. The monoisotopic (exact) mass is 233 g/mol. The molecule has 16 heavy (non-hydrogen) atoms. The van der Waals surface area contributed by atoms with Gasteiger partial charge in [0, 0.05) is 0 Å². The summed E-state index contributed by atoms with van der Waals surface area (Å²) in [6.07, 6.45) is 0. The normalized spacial score (nSPS) is 10.1. The summed E-state index contributed by atoms with van der Waals surface area (Å²) in [5, 5.41) is 0. The number of benzene rings is 2. The molecule has 0 aromatic heterocycles. The van der Waals surface area contributed by atoms with Gasteiger partial charge in [-0.25, -0.2) is 4.11 Å². The Morgan fingerprint density at radius 3 is 1.44 bits per heavy atom. The third kappa shape index (κ3) is 3.10. The van der Waals surface area contributed by atoms with Gasteiger partial charge in [-0.15, -0.1) is 0 Å². The molecule has 0 aliphatic heterocycles. The van der Waals surface area contributed by atoms with Gasteiger partial charge in [0.1, 0.15) is 11.5 Å². The van der Waals surface area contributed by atoms with Crippen LogP contribution in [0.1, 0.15) is 0 Å². The van der Waals surface area contributed by atoms with E-state index in [0.29, 0.717) is 11.5 Å². The minimum absolute atomic E-state index is 0.481. The number of hydrogen-bond acceptors (Lipinski definition) is 2. The maximum Gasteiger partial charge on any atom is 0.780 e. The smallest absolute Gasteiger partial charge is 0.486 e. The molecule has 0 fully saturated rings. The van der Waals surface area contributed by atoms with Gasteiger partial charge in [-0.1, -0.05) is 36.4 Å². The summed E-state index contributed by atoms with van der Waals surface area (Å²) in [7, 11) is -2.79. The molecule has 4 heteroatoms. The van der Waals surface area contributed by atoms with Crippen LogP contribution in [0.25, 0.3) is 0 Å². The van der Waals surface area contributed by atoms with Gasteiger partial charge in [-0.2, -0.15) is 0 Å². The van der Waals surface area contributed by atoms with E-state index in [9.17, 15) is 4.11 Å². The summed E-state index contributed by atoms with van der Waals surface area (Å²) in [6, 6.07) is 17.6. The molecule has 2 aromatic rings. The fraction of sp³-hybridized carbons (Fsp3) is 0. The Morgan fingerprint density at radius 1 is 0.688 bits per heavy atom. The molecule has 0 spiro atoms. The highest BCUT2D eigenvalue weighted by molar-refractivity contribution is 6.37. The molecule has 0 aliphatic rings. The Hall–Kier alpha value is -1.81. The third-order valence-corrected chi connectivity index (χ3v) is 2.67. The molecule has 0 saturated heterocycles. The van der Waals surface area contributed by atoms with E-state index in [1.165, 1.54) is 0 Å². The first-order valence-corrected chi connectivity index (χ1v) is 6.02. The highest BCUT2D eigenvalue weighted by Crippen LogP contribution is 2.14. The van der Waals surface area contributed by atoms with Crippen molar-refractivity contribution in [3.63, 3.8) is 0 Å². The van der Waals surface area contributed by atoms with Crippen molar-refractivity contribution in [1.29, 1.82) is 0 Å². The number of para-hydroxylation sites is 2. The zero-order valence-electron chi connectivity index (χ0n) is 8.47. The number of rotatable bonds is 4. The fourth-order valence-electron chi connectivity index (χ4n) is 1.18. The van der Waals surface area contributed by atoms with Crippen LogP contribution in [0.4, 0.5) is 4.11 Å². The van der Waals surface area contributed by atoms with Crippen molar-refractivity contribution in [2.24, 2.45) is 0 Å². The molecule has 81 valence electrons.